The Morgan fingerprint density at radius 2 is 1.63 bits per heavy atom. The van der Waals surface area contributed by atoms with Gasteiger partial charge >= 0.3 is 12.1 Å². The number of benzene rings is 2. The Hall–Kier alpha value is -3.57. The number of carbonyl (C=O) groups is 3. The quantitative estimate of drug-likeness (QED) is 0.332. The van der Waals surface area contributed by atoms with E-state index in [4.69, 9.17) is 4.74 Å². The fourth-order valence-corrected chi connectivity index (χ4v) is 6.44. The lowest BCUT2D eigenvalue weighted by Gasteiger charge is -2.49. The highest BCUT2D eigenvalue weighted by Gasteiger charge is 2.57. The number of alkyl halides is 3. The van der Waals surface area contributed by atoms with Crippen LogP contribution >= 0.6 is 23.1 Å². The number of thiophene rings is 1. The molecule has 1 fully saturated rings. The highest BCUT2D eigenvalue weighted by Crippen LogP contribution is 2.46. The Balaban J connectivity index is 1.42. The molecule has 196 valence electrons. The van der Waals surface area contributed by atoms with Gasteiger partial charge in [0.1, 0.15) is 17.1 Å². The third kappa shape index (κ3) is 5.21. The van der Waals surface area contributed by atoms with E-state index >= 15 is 0 Å². The van der Waals surface area contributed by atoms with Gasteiger partial charge in [-0.1, -0.05) is 66.7 Å². The first-order valence-electron chi connectivity index (χ1n) is 11.6. The van der Waals surface area contributed by atoms with Crippen LogP contribution in [0.25, 0.3) is 0 Å². The number of ether oxygens (including phenoxy) is 1. The van der Waals surface area contributed by atoms with E-state index in [-0.39, 0.29) is 6.42 Å². The monoisotopic (exact) mass is 558 g/mol. The molecule has 0 saturated carbocycles. The third-order valence-electron chi connectivity index (χ3n) is 6.16. The number of thioether (sulfide) groups is 1. The Labute approximate surface area is 224 Å². The van der Waals surface area contributed by atoms with Gasteiger partial charge in [0.15, 0.2) is 6.10 Å². The topological polar surface area (TPSA) is 75.7 Å². The molecule has 2 atom stereocenters. The highest BCUT2D eigenvalue weighted by atomic mass is 32.2. The molecule has 0 spiro atoms. The molecule has 6 nitrogen and oxygen atoms in total. The largest absolute Gasteiger partial charge is 0.448 e. The van der Waals surface area contributed by atoms with Crippen molar-refractivity contribution >= 4 is 40.9 Å². The van der Waals surface area contributed by atoms with Crippen molar-refractivity contribution in [2.45, 2.75) is 30.1 Å². The summed E-state index contributed by atoms with van der Waals surface area (Å²) in [5, 5.41) is 3.57. The van der Waals surface area contributed by atoms with Crippen molar-refractivity contribution < 1.29 is 32.3 Å². The summed E-state index contributed by atoms with van der Waals surface area (Å²) in [5.74, 6) is -3.02. The molecule has 0 aliphatic carbocycles. The molecule has 2 aliphatic heterocycles. The van der Waals surface area contributed by atoms with Gasteiger partial charge in [-0.15, -0.1) is 23.1 Å². The maximum absolute atomic E-state index is 14.0. The van der Waals surface area contributed by atoms with Crippen LogP contribution in [0, 0.1) is 0 Å². The summed E-state index contributed by atoms with van der Waals surface area (Å²) < 4.78 is 47.7. The molecule has 2 aliphatic rings. The number of rotatable bonds is 7. The van der Waals surface area contributed by atoms with E-state index in [1.807, 2.05) is 5.38 Å². The van der Waals surface area contributed by atoms with Crippen molar-refractivity contribution in [3.05, 3.63) is 105 Å². The molecular weight excluding hydrogens is 537 g/mol. The summed E-state index contributed by atoms with van der Waals surface area (Å²) in [6.07, 6.45) is -5.79. The van der Waals surface area contributed by atoms with Crippen LogP contribution < -0.4 is 5.32 Å². The van der Waals surface area contributed by atoms with Crippen molar-refractivity contribution in [2.75, 3.05) is 5.75 Å². The van der Waals surface area contributed by atoms with Crippen LogP contribution in [0.4, 0.5) is 13.2 Å². The van der Waals surface area contributed by atoms with Gasteiger partial charge in [-0.05, 0) is 22.6 Å². The number of hydrogen-bond donors (Lipinski definition) is 1. The SMILES string of the molecule is O=C(Cc1cccs1)NC1C(=O)N2C(C(=O)OC(c3ccccc3)c3ccccc3)=C(C(F)(F)F)CS[C@H]12. The number of hydrogen-bond acceptors (Lipinski definition) is 6. The molecule has 5 rings (SSSR count). The normalized spacial score (nSPS) is 19.2. The minimum atomic E-state index is -4.85. The first-order valence-corrected chi connectivity index (χ1v) is 13.5. The van der Waals surface area contributed by atoms with E-state index in [2.05, 4.69) is 5.32 Å². The van der Waals surface area contributed by atoms with E-state index in [0.717, 1.165) is 21.5 Å². The molecule has 2 aromatic carbocycles. The molecule has 0 radical (unpaired) electrons. The van der Waals surface area contributed by atoms with Crippen LogP contribution in [-0.2, 0) is 25.5 Å². The van der Waals surface area contributed by atoms with Crippen LogP contribution in [-0.4, -0.2) is 46.0 Å². The molecule has 1 aromatic heterocycles. The number of β-lactam (4-membered cyclic amide) rings is 1. The van der Waals surface area contributed by atoms with E-state index in [1.165, 1.54) is 11.3 Å². The van der Waals surface area contributed by atoms with Gasteiger partial charge in [-0.2, -0.15) is 13.2 Å². The van der Waals surface area contributed by atoms with Crippen LogP contribution in [0.3, 0.4) is 0 Å². The van der Waals surface area contributed by atoms with Gasteiger partial charge in [-0.3, -0.25) is 14.5 Å². The Kier molecular flexibility index (Phi) is 7.31. The molecule has 1 unspecified atom stereocenters. The fraction of sp³-hybridized carbons (Fsp3) is 0.222. The van der Waals surface area contributed by atoms with E-state index < -0.39 is 58.5 Å². The average molecular weight is 559 g/mol. The van der Waals surface area contributed by atoms with E-state index in [9.17, 15) is 27.6 Å². The minimum absolute atomic E-state index is 0.0488. The van der Waals surface area contributed by atoms with Gasteiger partial charge in [0.05, 0.1) is 12.0 Å². The number of nitrogens with one attached hydrogen (secondary N) is 1. The molecular formula is C27H21F3N2O4S2. The zero-order valence-electron chi connectivity index (χ0n) is 19.7. The molecule has 1 saturated heterocycles. The van der Waals surface area contributed by atoms with Crippen molar-refractivity contribution in [3.8, 4) is 0 Å². The highest BCUT2D eigenvalue weighted by molar-refractivity contribution is 8.00. The number of halogens is 3. The summed E-state index contributed by atoms with van der Waals surface area (Å²) in [6, 6.07) is 19.8. The number of amides is 2. The summed E-state index contributed by atoms with van der Waals surface area (Å²) in [4.78, 5) is 40.5. The van der Waals surface area contributed by atoms with Gasteiger partial charge in [0.2, 0.25) is 5.91 Å². The number of esters is 1. The fourth-order valence-electron chi connectivity index (χ4n) is 4.37. The van der Waals surface area contributed by atoms with E-state index in [1.54, 1.807) is 72.8 Å². The minimum Gasteiger partial charge on any atom is -0.448 e. The summed E-state index contributed by atoms with van der Waals surface area (Å²) in [6.45, 7) is 0. The molecule has 3 heterocycles. The number of nitrogens with zero attached hydrogens (tertiary/aromatic N) is 1. The predicted molar refractivity (Wildman–Crippen MR) is 137 cm³/mol. The van der Waals surface area contributed by atoms with Crippen LogP contribution in [0.2, 0.25) is 0 Å². The van der Waals surface area contributed by atoms with Crippen LogP contribution in [0.15, 0.2) is 89.4 Å². The first-order chi connectivity index (χ1) is 18.2. The second-order valence-electron chi connectivity index (χ2n) is 8.64. The molecule has 2 amide bonds. The third-order valence-corrected chi connectivity index (χ3v) is 8.32. The molecule has 3 aromatic rings. The molecule has 38 heavy (non-hydrogen) atoms. The van der Waals surface area contributed by atoms with Crippen LogP contribution in [0.1, 0.15) is 22.1 Å². The second-order valence-corrected chi connectivity index (χ2v) is 10.8. The maximum Gasteiger partial charge on any atom is 0.415 e. The summed E-state index contributed by atoms with van der Waals surface area (Å²) >= 11 is 2.23. The lowest BCUT2D eigenvalue weighted by molar-refractivity contribution is -0.156. The summed E-state index contributed by atoms with van der Waals surface area (Å²) in [5.41, 5.74) is -0.833. The first kappa shape index (κ1) is 26.1. The van der Waals surface area contributed by atoms with Crippen LogP contribution in [0.5, 0.6) is 0 Å². The van der Waals surface area contributed by atoms with Gasteiger partial charge < -0.3 is 10.1 Å². The van der Waals surface area contributed by atoms with Crippen molar-refractivity contribution in [1.82, 2.24) is 10.2 Å². The van der Waals surface area contributed by atoms with E-state index in [0.29, 0.717) is 11.1 Å². The Morgan fingerprint density at radius 3 is 2.18 bits per heavy atom. The standard InChI is InChI=1S/C27H21F3N2O4S2/c28-27(29,30)19-15-38-25-21(31-20(33)14-18-12-7-13-37-18)24(34)32(25)22(19)26(35)36-23(16-8-3-1-4-9-16)17-10-5-2-6-11-17/h1-13,21,23,25H,14-15H2,(H,31,33)/t21?,25-/m1/s1. The zero-order valence-corrected chi connectivity index (χ0v) is 21.3. The van der Waals surface area contributed by atoms with Crippen molar-refractivity contribution in [3.63, 3.8) is 0 Å². The molecule has 0 bridgehead atoms. The summed E-state index contributed by atoms with van der Waals surface area (Å²) in [7, 11) is 0. The second kappa shape index (κ2) is 10.7. The number of carbonyl (C=O) groups excluding carboxylic acids is 3. The van der Waals surface area contributed by atoms with Crippen molar-refractivity contribution in [1.29, 1.82) is 0 Å². The zero-order chi connectivity index (χ0) is 26.9. The number of fused-ring (bicyclic) bond motifs is 1. The smallest absolute Gasteiger partial charge is 0.415 e. The van der Waals surface area contributed by atoms with Gasteiger partial charge in [-0.25, -0.2) is 4.79 Å². The Bertz CT molecular complexity index is 1320. The lowest BCUT2D eigenvalue weighted by atomic mass is 10.0. The predicted octanol–water partition coefficient (Wildman–Crippen LogP) is 4.84. The Morgan fingerprint density at radius 1 is 1.00 bits per heavy atom. The van der Waals surface area contributed by atoms with Gasteiger partial charge in [0, 0.05) is 10.6 Å². The van der Waals surface area contributed by atoms with Crippen molar-refractivity contribution in [2.24, 2.45) is 0 Å². The molecule has 1 N–H and O–H groups in total. The van der Waals surface area contributed by atoms with Gasteiger partial charge in [0.25, 0.3) is 5.91 Å². The maximum atomic E-state index is 14.0. The lowest BCUT2D eigenvalue weighted by Crippen LogP contribution is -2.71. The average Bonchev–Trinajstić information content (AvgIpc) is 3.42. The molecule has 11 heteroatoms.